The van der Waals surface area contributed by atoms with E-state index in [1.165, 1.54) is 0 Å². The van der Waals surface area contributed by atoms with Crippen molar-refractivity contribution >= 4 is 43.4 Å². The fourth-order valence-corrected chi connectivity index (χ4v) is 2.23. The topological polar surface area (TPSA) is 34.1 Å². The predicted molar refractivity (Wildman–Crippen MR) is 75.3 cm³/mol. The lowest BCUT2D eigenvalue weighted by molar-refractivity contribution is -0.121. The van der Waals surface area contributed by atoms with Crippen LogP contribution in [0.4, 0.5) is 0 Å². The Kier molecular flexibility index (Phi) is 5.53. The molecule has 0 amide bonds. The fraction of sp³-hybridized carbons (Fsp3) is 0.385. The molecule has 4 heteroatoms. The van der Waals surface area contributed by atoms with E-state index in [1.807, 2.05) is 19.9 Å². The number of halogens is 2. The maximum Gasteiger partial charge on any atom is 0.171 e. The summed E-state index contributed by atoms with van der Waals surface area (Å²) < 4.78 is 1.53. The van der Waals surface area contributed by atoms with E-state index in [0.717, 1.165) is 10.9 Å². The summed E-state index contributed by atoms with van der Waals surface area (Å²) in [7, 11) is 0. The molecule has 0 aliphatic heterocycles. The van der Waals surface area contributed by atoms with Gasteiger partial charge in [0.25, 0.3) is 0 Å². The molecule has 1 rings (SSSR count). The summed E-state index contributed by atoms with van der Waals surface area (Å²) in [5.41, 5.74) is 0.552. The quantitative estimate of drug-likeness (QED) is 0.575. The monoisotopic (exact) mass is 360 g/mol. The van der Waals surface area contributed by atoms with Gasteiger partial charge in [-0.2, -0.15) is 0 Å². The van der Waals surface area contributed by atoms with Crippen LogP contribution >= 0.6 is 31.9 Å². The second-order valence-electron chi connectivity index (χ2n) is 3.98. The minimum Gasteiger partial charge on any atom is -0.299 e. The molecule has 92 valence electrons. The zero-order chi connectivity index (χ0) is 13.0. The zero-order valence-electron chi connectivity index (χ0n) is 9.80. The number of carbonyl (C=O) groups is 2. The lowest BCUT2D eigenvalue weighted by Crippen LogP contribution is -2.15. The second kappa shape index (κ2) is 6.45. The molecule has 0 radical (unpaired) electrons. The molecule has 1 unspecified atom stereocenters. The van der Waals surface area contributed by atoms with Gasteiger partial charge in [-0.05, 0) is 44.3 Å². The van der Waals surface area contributed by atoms with Crippen molar-refractivity contribution in [2.75, 3.05) is 0 Å². The van der Waals surface area contributed by atoms with Gasteiger partial charge in [-0.25, -0.2) is 0 Å². The van der Waals surface area contributed by atoms with Crippen LogP contribution in [-0.4, -0.2) is 11.6 Å². The number of ketones is 2. The van der Waals surface area contributed by atoms with E-state index in [4.69, 9.17) is 0 Å². The van der Waals surface area contributed by atoms with Crippen molar-refractivity contribution < 1.29 is 9.59 Å². The summed E-state index contributed by atoms with van der Waals surface area (Å²) in [4.78, 5) is 23.7. The number of hydrogen-bond donors (Lipinski definition) is 0. The van der Waals surface area contributed by atoms with Gasteiger partial charge in [0, 0.05) is 20.4 Å². The summed E-state index contributed by atoms with van der Waals surface area (Å²) in [6, 6.07) is 5.36. The third-order valence-electron chi connectivity index (χ3n) is 2.75. The Bertz CT molecular complexity index is 441. The molecule has 0 saturated heterocycles. The molecule has 0 heterocycles. The maximum absolute atomic E-state index is 12.0. The van der Waals surface area contributed by atoms with Crippen LogP contribution < -0.4 is 0 Å². The number of rotatable bonds is 5. The standard InChI is InChI=1S/C13H14Br2O2/c1-3-8(2)11(16)7-12(17)9-5-4-6-10(14)13(9)15/h4-6,8H,3,7H2,1-2H3. The molecule has 1 aromatic carbocycles. The van der Waals surface area contributed by atoms with Crippen LogP contribution in [0.15, 0.2) is 27.1 Å². The van der Waals surface area contributed by atoms with Crippen LogP contribution in [0.1, 0.15) is 37.0 Å². The lowest BCUT2D eigenvalue weighted by atomic mass is 9.97. The molecule has 0 fully saturated rings. The van der Waals surface area contributed by atoms with Gasteiger partial charge in [-0.3, -0.25) is 9.59 Å². The Morgan fingerprint density at radius 3 is 2.53 bits per heavy atom. The van der Waals surface area contributed by atoms with Gasteiger partial charge < -0.3 is 0 Å². The van der Waals surface area contributed by atoms with E-state index in [-0.39, 0.29) is 23.9 Å². The number of benzene rings is 1. The molecule has 0 aromatic heterocycles. The van der Waals surface area contributed by atoms with Gasteiger partial charge in [0.15, 0.2) is 5.78 Å². The second-order valence-corrected chi connectivity index (χ2v) is 5.62. The molecule has 0 spiro atoms. The van der Waals surface area contributed by atoms with Crippen LogP contribution in [0.5, 0.6) is 0 Å². The Hall–Kier alpha value is -0.480. The molecule has 2 nitrogen and oxygen atoms in total. The van der Waals surface area contributed by atoms with Gasteiger partial charge in [-0.15, -0.1) is 0 Å². The van der Waals surface area contributed by atoms with Crippen molar-refractivity contribution in [2.45, 2.75) is 26.7 Å². The van der Waals surface area contributed by atoms with Crippen molar-refractivity contribution in [1.82, 2.24) is 0 Å². The summed E-state index contributed by atoms with van der Waals surface area (Å²) >= 11 is 6.68. The highest BCUT2D eigenvalue weighted by Gasteiger charge is 2.18. The van der Waals surface area contributed by atoms with Crippen molar-refractivity contribution in [1.29, 1.82) is 0 Å². The minimum absolute atomic E-state index is 0.00405. The number of Topliss-reactive ketones (excluding diaryl/α,β-unsaturated/α-hetero) is 2. The van der Waals surface area contributed by atoms with Gasteiger partial charge >= 0.3 is 0 Å². The Morgan fingerprint density at radius 2 is 1.94 bits per heavy atom. The first-order chi connectivity index (χ1) is 7.97. The third-order valence-corrected chi connectivity index (χ3v) is 4.80. The average molecular weight is 362 g/mol. The van der Waals surface area contributed by atoms with Crippen LogP contribution in [0, 0.1) is 5.92 Å². The van der Waals surface area contributed by atoms with Gasteiger partial charge in [-0.1, -0.05) is 26.0 Å². The average Bonchev–Trinajstić information content (AvgIpc) is 2.31. The summed E-state index contributed by atoms with van der Waals surface area (Å²) in [5.74, 6) is -0.183. The molecule has 0 saturated carbocycles. The number of carbonyl (C=O) groups excluding carboxylic acids is 2. The van der Waals surface area contributed by atoms with Crippen LogP contribution in [-0.2, 0) is 4.79 Å². The first-order valence-corrected chi connectivity index (χ1v) is 7.05. The van der Waals surface area contributed by atoms with E-state index in [9.17, 15) is 9.59 Å². The molecule has 1 atom stereocenters. The molecule has 1 aromatic rings. The Labute approximate surface area is 118 Å². The van der Waals surface area contributed by atoms with Crippen LogP contribution in [0.25, 0.3) is 0 Å². The largest absolute Gasteiger partial charge is 0.299 e. The van der Waals surface area contributed by atoms with Crippen molar-refractivity contribution in [3.63, 3.8) is 0 Å². The molecular weight excluding hydrogens is 348 g/mol. The molecule has 0 aliphatic carbocycles. The number of hydrogen-bond acceptors (Lipinski definition) is 2. The summed E-state index contributed by atoms with van der Waals surface area (Å²) in [6.45, 7) is 3.80. The lowest BCUT2D eigenvalue weighted by Gasteiger charge is -2.08. The molecule has 0 N–H and O–H groups in total. The molecule has 0 aliphatic rings. The summed E-state index contributed by atoms with van der Waals surface area (Å²) in [6.07, 6.45) is 0.746. The van der Waals surface area contributed by atoms with E-state index < -0.39 is 0 Å². The SMILES string of the molecule is CCC(C)C(=O)CC(=O)c1cccc(Br)c1Br. The van der Waals surface area contributed by atoms with Gasteiger partial charge in [0.05, 0.1) is 6.42 Å². The Morgan fingerprint density at radius 1 is 1.29 bits per heavy atom. The van der Waals surface area contributed by atoms with Crippen molar-refractivity contribution in [3.05, 3.63) is 32.7 Å². The Balaban J connectivity index is 2.84. The van der Waals surface area contributed by atoms with Crippen LogP contribution in [0.3, 0.4) is 0 Å². The van der Waals surface area contributed by atoms with Crippen LogP contribution in [0.2, 0.25) is 0 Å². The molecular formula is C13H14Br2O2. The highest BCUT2D eigenvalue weighted by atomic mass is 79.9. The highest BCUT2D eigenvalue weighted by Crippen LogP contribution is 2.27. The third kappa shape index (κ3) is 3.75. The van der Waals surface area contributed by atoms with Gasteiger partial charge in [0.2, 0.25) is 0 Å². The van der Waals surface area contributed by atoms with E-state index in [1.54, 1.807) is 12.1 Å². The van der Waals surface area contributed by atoms with E-state index >= 15 is 0 Å². The fourth-order valence-electron chi connectivity index (χ4n) is 1.37. The molecule has 17 heavy (non-hydrogen) atoms. The van der Waals surface area contributed by atoms with Gasteiger partial charge in [0.1, 0.15) is 5.78 Å². The van der Waals surface area contributed by atoms with Crippen molar-refractivity contribution in [2.24, 2.45) is 5.92 Å². The van der Waals surface area contributed by atoms with E-state index in [2.05, 4.69) is 31.9 Å². The normalized spacial score (nSPS) is 12.2. The first kappa shape index (κ1) is 14.6. The summed E-state index contributed by atoms with van der Waals surface area (Å²) in [5, 5.41) is 0. The first-order valence-electron chi connectivity index (χ1n) is 5.47. The minimum atomic E-state index is -0.136. The molecule has 0 bridgehead atoms. The maximum atomic E-state index is 12.0. The smallest absolute Gasteiger partial charge is 0.171 e. The highest BCUT2D eigenvalue weighted by molar-refractivity contribution is 9.13. The van der Waals surface area contributed by atoms with Crippen molar-refractivity contribution in [3.8, 4) is 0 Å². The van der Waals surface area contributed by atoms with E-state index in [0.29, 0.717) is 10.0 Å². The predicted octanol–water partition coefficient (Wildman–Crippen LogP) is 4.40. The zero-order valence-corrected chi connectivity index (χ0v) is 13.0.